The molecule has 0 radical (unpaired) electrons. The summed E-state index contributed by atoms with van der Waals surface area (Å²) in [5.74, 6) is 1.60. The summed E-state index contributed by atoms with van der Waals surface area (Å²) >= 11 is 0. The van der Waals surface area contributed by atoms with Crippen LogP contribution in [0.25, 0.3) is 0 Å². The van der Waals surface area contributed by atoms with E-state index < -0.39 is 0 Å². The molecule has 0 saturated carbocycles. The van der Waals surface area contributed by atoms with Crippen LogP contribution in [0.5, 0.6) is 5.75 Å². The monoisotopic (exact) mass is 245 g/mol. The minimum absolute atomic E-state index is 0.679. The van der Waals surface area contributed by atoms with Crippen LogP contribution in [0.3, 0.4) is 0 Å². The standard InChI is InChI=1S/C14H19N3O/c1-2-3-10-18-13-6-4-12(5-7-13)11-17-14(15)8-9-16-17/h4-9H,2-3,10-11,15H2,1H3. The maximum atomic E-state index is 5.78. The first kappa shape index (κ1) is 12.5. The van der Waals surface area contributed by atoms with Gasteiger partial charge in [0.15, 0.2) is 0 Å². The predicted molar refractivity (Wildman–Crippen MR) is 72.6 cm³/mol. The number of benzene rings is 1. The molecule has 0 spiro atoms. The third-order valence-corrected chi connectivity index (χ3v) is 2.77. The van der Waals surface area contributed by atoms with Crippen molar-refractivity contribution in [1.29, 1.82) is 0 Å². The summed E-state index contributed by atoms with van der Waals surface area (Å²) in [4.78, 5) is 0. The van der Waals surface area contributed by atoms with Crippen molar-refractivity contribution in [2.45, 2.75) is 26.3 Å². The van der Waals surface area contributed by atoms with Crippen LogP contribution in [0.15, 0.2) is 36.5 Å². The number of hydrogen-bond acceptors (Lipinski definition) is 3. The molecule has 2 aromatic rings. The lowest BCUT2D eigenvalue weighted by atomic mass is 10.2. The van der Waals surface area contributed by atoms with Crippen molar-refractivity contribution < 1.29 is 4.74 Å². The molecule has 0 amide bonds. The van der Waals surface area contributed by atoms with Crippen LogP contribution in [0.1, 0.15) is 25.3 Å². The van der Waals surface area contributed by atoms with Gasteiger partial charge in [-0.3, -0.25) is 0 Å². The first-order chi connectivity index (χ1) is 8.79. The first-order valence-corrected chi connectivity index (χ1v) is 6.28. The summed E-state index contributed by atoms with van der Waals surface area (Å²) in [6.45, 7) is 3.62. The molecule has 0 bridgehead atoms. The highest BCUT2D eigenvalue weighted by molar-refractivity contribution is 5.30. The molecular weight excluding hydrogens is 226 g/mol. The number of nitrogen functional groups attached to an aromatic ring is 1. The highest BCUT2D eigenvalue weighted by atomic mass is 16.5. The number of anilines is 1. The highest BCUT2D eigenvalue weighted by Gasteiger charge is 2.00. The van der Waals surface area contributed by atoms with Crippen LogP contribution in [0, 0.1) is 0 Å². The third-order valence-electron chi connectivity index (χ3n) is 2.77. The molecule has 96 valence electrons. The van der Waals surface area contributed by atoms with E-state index in [1.165, 1.54) is 0 Å². The summed E-state index contributed by atoms with van der Waals surface area (Å²) in [7, 11) is 0. The Hall–Kier alpha value is -1.97. The molecule has 2 rings (SSSR count). The van der Waals surface area contributed by atoms with E-state index in [4.69, 9.17) is 10.5 Å². The van der Waals surface area contributed by atoms with Crippen LogP contribution in [-0.4, -0.2) is 16.4 Å². The smallest absolute Gasteiger partial charge is 0.122 e. The van der Waals surface area contributed by atoms with Gasteiger partial charge in [-0.25, -0.2) is 4.68 Å². The maximum absolute atomic E-state index is 5.78. The minimum atomic E-state index is 0.679. The van der Waals surface area contributed by atoms with Gasteiger partial charge in [-0.2, -0.15) is 5.10 Å². The van der Waals surface area contributed by atoms with Crippen molar-refractivity contribution in [2.75, 3.05) is 12.3 Å². The number of unbranched alkanes of at least 4 members (excludes halogenated alkanes) is 1. The summed E-state index contributed by atoms with van der Waals surface area (Å²) in [5, 5.41) is 4.15. The van der Waals surface area contributed by atoms with Gasteiger partial charge in [0.2, 0.25) is 0 Å². The molecule has 0 unspecified atom stereocenters. The van der Waals surface area contributed by atoms with Gasteiger partial charge in [0.05, 0.1) is 19.3 Å². The lowest BCUT2D eigenvalue weighted by molar-refractivity contribution is 0.309. The van der Waals surface area contributed by atoms with Gasteiger partial charge >= 0.3 is 0 Å². The molecule has 0 aliphatic rings. The molecule has 1 aromatic heterocycles. The van der Waals surface area contributed by atoms with E-state index in [2.05, 4.69) is 12.0 Å². The summed E-state index contributed by atoms with van der Waals surface area (Å²) < 4.78 is 7.38. The van der Waals surface area contributed by atoms with Crippen molar-refractivity contribution in [3.05, 3.63) is 42.1 Å². The Morgan fingerprint density at radius 1 is 1.22 bits per heavy atom. The van der Waals surface area contributed by atoms with Crippen LogP contribution in [-0.2, 0) is 6.54 Å². The van der Waals surface area contributed by atoms with Gasteiger partial charge in [0, 0.05) is 0 Å². The third kappa shape index (κ3) is 3.26. The Morgan fingerprint density at radius 3 is 2.61 bits per heavy atom. The molecule has 0 fully saturated rings. The van der Waals surface area contributed by atoms with E-state index in [9.17, 15) is 0 Å². The van der Waals surface area contributed by atoms with Crippen LogP contribution >= 0.6 is 0 Å². The van der Waals surface area contributed by atoms with Gasteiger partial charge in [0.1, 0.15) is 11.6 Å². The van der Waals surface area contributed by atoms with E-state index in [0.29, 0.717) is 12.4 Å². The highest BCUT2D eigenvalue weighted by Crippen LogP contribution is 2.14. The number of ether oxygens (including phenoxy) is 1. The van der Waals surface area contributed by atoms with E-state index >= 15 is 0 Å². The number of rotatable bonds is 6. The second-order valence-corrected chi connectivity index (χ2v) is 4.26. The van der Waals surface area contributed by atoms with Crippen molar-refractivity contribution in [1.82, 2.24) is 9.78 Å². The Bertz CT molecular complexity index is 476. The van der Waals surface area contributed by atoms with Gasteiger partial charge < -0.3 is 10.5 Å². The molecule has 2 N–H and O–H groups in total. The van der Waals surface area contributed by atoms with Gasteiger partial charge in [-0.1, -0.05) is 25.5 Å². The van der Waals surface area contributed by atoms with Gasteiger partial charge in [-0.15, -0.1) is 0 Å². The fourth-order valence-corrected chi connectivity index (χ4v) is 1.67. The molecule has 0 aliphatic heterocycles. The van der Waals surface area contributed by atoms with Crippen LogP contribution < -0.4 is 10.5 Å². The predicted octanol–water partition coefficient (Wildman–Crippen LogP) is 2.69. The molecule has 18 heavy (non-hydrogen) atoms. The molecule has 0 saturated heterocycles. The molecule has 0 atom stereocenters. The molecule has 0 aliphatic carbocycles. The average Bonchev–Trinajstić information content (AvgIpc) is 2.78. The Labute approximate surface area is 107 Å². The zero-order chi connectivity index (χ0) is 12.8. The lowest BCUT2D eigenvalue weighted by Crippen LogP contribution is -2.05. The SMILES string of the molecule is CCCCOc1ccc(Cn2nccc2N)cc1. The minimum Gasteiger partial charge on any atom is -0.494 e. The Morgan fingerprint density at radius 2 is 2.00 bits per heavy atom. The van der Waals surface area contributed by atoms with E-state index in [-0.39, 0.29) is 0 Å². The molecule has 1 heterocycles. The molecule has 4 heteroatoms. The van der Waals surface area contributed by atoms with E-state index in [1.807, 2.05) is 24.3 Å². The van der Waals surface area contributed by atoms with Crippen LogP contribution in [0.2, 0.25) is 0 Å². The Kier molecular flexibility index (Phi) is 4.23. The van der Waals surface area contributed by atoms with Gasteiger partial charge in [-0.05, 0) is 30.2 Å². The fourth-order valence-electron chi connectivity index (χ4n) is 1.67. The topological polar surface area (TPSA) is 53.1 Å². The number of aromatic nitrogens is 2. The normalized spacial score (nSPS) is 10.5. The fraction of sp³-hybridized carbons (Fsp3) is 0.357. The number of hydrogen-bond donors (Lipinski definition) is 1. The van der Waals surface area contributed by atoms with Crippen LogP contribution in [0.4, 0.5) is 5.82 Å². The van der Waals surface area contributed by atoms with E-state index in [1.54, 1.807) is 16.9 Å². The Balaban J connectivity index is 1.93. The van der Waals surface area contributed by atoms with Crippen molar-refractivity contribution in [3.63, 3.8) is 0 Å². The average molecular weight is 245 g/mol. The first-order valence-electron chi connectivity index (χ1n) is 6.28. The summed E-state index contributed by atoms with van der Waals surface area (Å²) in [5.41, 5.74) is 6.94. The maximum Gasteiger partial charge on any atom is 0.122 e. The van der Waals surface area contributed by atoms with Crippen molar-refractivity contribution >= 4 is 5.82 Å². The van der Waals surface area contributed by atoms with Gasteiger partial charge in [0.25, 0.3) is 0 Å². The van der Waals surface area contributed by atoms with Crippen molar-refractivity contribution in [3.8, 4) is 5.75 Å². The molecular formula is C14H19N3O. The zero-order valence-corrected chi connectivity index (χ0v) is 10.7. The van der Waals surface area contributed by atoms with Crippen molar-refractivity contribution in [2.24, 2.45) is 0 Å². The molecule has 4 nitrogen and oxygen atoms in total. The second kappa shape index (κ2) is 6.10. The number of nitrogens with zero attached hydrogens (tertiary/aromatic N) is 2. The largest absolute Gasteiger partial charge is 0.494 e. The number of nitrogens with two attached hydrogens (primary N) is 1. The second-order valence-electron chi connectivity index (χ2n) is 4.26. The summed E-state index contributed by atoms with van der Waals surface area (Å²) in [6.07, 6.45) is 3.94. The molecule has 1 aromatic carbocycles. The zero-order valence-electron chi connectivity index (χ0n) is 10.7. The van der Waals surface area contributed by atoms with E-state index in [0.717, 1.165) is 30.8 Å². The lowest BCUT2D eigenvalue weighted by Gasteiger charge is -2.07. The quantitative estimate of drug-likeness (QED) is 0.796. The summed E-state index contributed by atoms with van der Waals surface area (Å²) in [6, 6.07) is 9.86.